The number of hydrogen-bond donors (Lipinski definition) is 1. The fraction of sp³-hybridized carbons (Fsp3) is 0.600. The van der Waals surface area contributed by atoms with E-state index in [1.54, 1.807) is 11.3 Å². The first-order chi connectivity index (χ1) is 6.72. The summed E-state index contributed by atoms with van der Waals surface area (Å²) < 4.78 is 0.887. The Morgan fingerprint density at radius 2 is 2.21 bits per heavy atom. The molecule has 0 saturated carbocycles. The number of likely N-dealkylation sites (N-methyl/N-ethyl adjacent to an activating group) is 2. The predicted molar refractivity (Wildman–Crippen MR) is 64.5 cm³/mol. The molecule has 2 nitrogen and oxygen atoms in total. The van der Waals surface area contributed by atoms with E-state index in [4.69, 9.17) is 11.6 Å². The molecule has 1 N–H and O–H groups in total. The third kappa shape index (κ3) is 4.42. The zero-order valence-electron chi connectivity index (χ0n) is 8.72. The molecule has 0 aromatic carbocycles. The molecule has 0 bridgehead atoms. The van der Waals surface area contributed by atoms with Gasteiger partial charge in [0.1, 0.15) is 0 Å². The minimum Gasteiger partial charge on any atom is -0.318 e. The first-order valence-electron chi connectivity index (χ1n) is 4.79. The van der Waals surface area contributed by atoms with Crippen LogP contribution in [0.3, 0.4) is 0 Å². The summed E-state index contributed by atoms with van der Waals surface area (Å²) >= 11 is 7.53. The lowest BCUT2D eigenvalue weighted by Gasteiger charge is -2.15. The minimum absolute atomic E-state index is 0.887. The molecular weight excluding hydrogens is 216 g/mol. The average Bonchev–Trinajstić information content (AvgIpc) is 2.58. The van der Waals surface area contributed by atoms with Crippen molar-refractivity contribution in [3.8, 4) is 0 Å². The maximum atomic E-state index is 5.85. The van der Waals surface area contributed by atoms with Gasteiger partial charge in [0.25, 0.3) is 0 Å². The van der Waals surface area contributed by atoms with Gasteiger partial charge in [0.05, 0.1) is 4.34 Å². The first-order valence-corrected chi connectivity index (χ1v) is 5.99. The van der Waals surface area contributed by atoms with Crippen molar-refractivity contribution in [1.29, 1.82) is 0 Å². The van der Waals surface area contributed by atoms with Crippen LogP contribution in [0.4, 0.5) is 0 Å². The molecule has 0 amide bonds. The zero-order chi connectivity index (χ0) is 10.4. The van der Waals surface area contributed by atoms with E-state index in [9.17, 15) is 0 Å². The molecule has 4 heteroatoms. The number of nitrogens with one attached hydrogen (secondary N) is 1. The Hall–Kier alpha value is -0.0900. The standard InChI is InChI=1S/C10H17ClN2S/c1-12-6-8-13(2)7-5-9-3-4-10(11)14-9/h3-4,12H,5-8H2,1-2H3. The van der Waals surface area contributed by atoms with Crippen molar-refractivity contribution < 1.29 is 0 Å². The third-order valence-corrected chi connectivity index (χ3v) is 3.40. The van der Waals surface area contributed by atoms with Gasteiger partial charge in [-0.1, -0.05) is 11.6 Å². The normalized spacial score (nSPS) is 11.1. The number of nitrogens with zero attached hydrogens (tertiary/aromatic N) is 1. The fourth-order valence-corrected chi connectivity index (χ4v) is 2.28. The topological polar surface area (TPSA) is 15.3 Å². The van der Waals surface area contributed by atoms with Crippen LogP contribution in [0.2, 0.25) is 4.34 Å². The minimum atomic E-state index is 0.887. The second-order valence-corrected chi connectivity index (χ2v) is 5.16. The average molecular weight is 233 g/mol. The highest BCUT2D eigenvalue weighted by Crippen LogP contribution is 2.21. The molecule has 0 unspecified atom stereocenters. The highest BCUT2D eigenvalue weighted by molar-refractivity contribution is 7.16. The van der Waals surface area contributed by atoms with E-state index in [2.05, 4.69) is 23.3 Å². The summed E-state index contributed by atoms with van der Waals surface area (Å²) in [5.41, 5.74) is 0. The summed E-state index contributed by atoms with van der Waals surface area (Å²) in [6.07, 6.45) is 1.09. The summed E-state index contributed by atoms with van der Waals surface area (Å²) in [5.74, 6) is 0. The highest BCUT2D eigenvalue weighted by atomic mass is 35.5. The lowest BCUT2D eigenvalue weighted by atomic mass is 10.3. The maximum Gasteiger partial charge on any atom is 0.0931 e. The van der Waals surface area contributed by atoms with Gasteiger partial charge in [-0.2, -0.15) is 0 Å². The molecule has 0 aliphatic carbocycles. The van der Waals surface area contributed by atoms with Crippen molar-refractivity contribution in [2.75, 3.05) is 33.7 Å². The van der Waals surface area contributed by atoms with Crippen LogP contribution in [0.5, 0.6) is 0 Å². The van der Waals surface area contributed by atoms with Crippen LogP contribution in [0.15, 0.2) is 12.1 Å². The number of thiophene rings is 1. The Morgan fingerprint density at radius 3 is 2.79 bits per heavy atom. The van der Waals surface area contributed by atoms with E-state index >= 15 is 0 Å². The SMILES string of the molecule is CNCCN(C)CCc1ccc(Cl)s1. The monoisotopic (exact) mass is 232 g/mol. The van der Waals surface area contributed by atoms with Crippen molar-refractivity contribution in [2.24, 2.45) is 0 Å². The lowest BCUT2D eigenvalue weighted by molar-refractivity contribution is 0.340. The van der Waals surface area contributed by atoms with Gasteiger partial charge in [0, 0.05) is 24.5 Å². The van der Waals surface area contributed by atoms with Gasteiger partial charge in [-0.25, -0.2) is 0 Å². The third-order valence-electron chi connectivity index (χ3n) is 2.11. The summed E-state index contributed by atoms with van der Waals surface area (Å²) in [6, 6.07) is 4.08. The van der Waals surface area contributed by atoms with Gasteiger partial charge in [-0.3, -0.25) is 0 Å². The van der Waals surface area contributed by atoms with E-state index < -0.39 is 0 Å². The molecule has 1 rings (SSSR count). The molecule has 1 aromatic rings. The summed E-state index contributed by atoms with van der Waals surface area (Å²) in [6.45, 7) is 3.23. The molecule has 14 heavy (non-hydrogen) atoms. The molecule has 0 radical (unpaired) electrons. The van der Waals surface area contributed by atoms with Crippen LogP contribution in [-0.4, -0.2) is 38.6 Å². The summed E-state index contributed by atoms with van der Waals surface area (Å²) in [4.78, 5) is 3.69. The van der Waals surface area contributed by atoms with Gasteiger partial charge in [0.2, 0.25) is 0 Å². The van der Waals surface area contributed by atoms with E-state index in [0.717, 1.165) is 30.4 Å². The molecule has 0 spiro atoms. The molecule has 0 aliphatic heterocycles. The van der Waals surface area contributed by atoms with E-state index in [0.29, 0.717) is 0 Å². The smallest absolute Gasteiger partial charge is 0.0931 e. The van der Waals surface area contributed by atoms with Crippen LogP contribution in [-0.2, 0) is 6.42 Å². The molecule has 0 saturated heterocycles. The van der Waals surface area contributed by atoms with Crippen molar-refractivity contribution >= 4 is 22.9 Å². The van der Waals surface area contributed by atoms with Crippen LogP contribution in [0.25, 0.3) is 0 Å². The maximum absolute atomic E-state index is 5.85. The van der Waals surface area contributed by atoms with Crippen molar-refractivity contribution in [1.82, 2.24) is 10.2 Å². The second-order valence-electron chi connectivity index (χ2n) is 3.36. The van der Waals surface area contributed by atoms with E-state index in [1.165, 1.54) is 4.88 Å². The van der Waals surface area contributed by atoms with Crippen LogP contribution in [0, 0.1) is 0 Å². The molecule has 1 heterocycles. The van der Waals surface area contributed by atoms with Gasteiger partial charge in [-0.15, -0.1) is 11.3 Å². The Bertz CT molecular complexity index is 262. The van der Waals surface area contributed by atoms with Crippen LogP contribution < -0.4 is 5.32 Å². The number of rotatable bonds is 6. The van der Waals surface area contributed by atoms with E-state index in [1.807, 2.05) is 13.1 Å². The van der Waals surface area contributed by atoms with Gasteiger partial charge in [-0.05, 0) is 32.6 Å². The summed E-state index contributed by atoms with van der Waals surface area (Å²) in [5, 5.41) is 3.14. The number of hydrogen-bond acceptors (Lipinski definition) is 3. The second kappa shape index (κ2) is 6.40. The van der Waals surface area contributed by atoms with Crippen LogP contribution >= 0.6 is 22.9 Å². The lowest BCUT2D eigenvalue weighted by Crippen LogP contribution is -2.28. The predicted octanol–water partition coefficient (Wildman–Crippen LogP) is 2.10. The number of halogens is 1. The van der Waals surface area contributed by atoms with Gasteiger partial charge >= 0.3 is 0 Å². The Labute approximate surface area is 94.9 Å². The molecule has 0 fully saturated rings. The highest BCUT2D eigenvalue weighted by Gasteiger charge is 2.01. The molecule has 0 aliphatic rings. The molecule has 80 valence electrons. The quantitative estimate of drug-likeness (QED) is 0.808. The Kier molecular flexibility index (Phi) is 5.48. The Balaban J connectivity index is 2.20. The van der Waals surface area contributed by atoms with E-state index in [-0.39, 0.29) is 0 Å². The molecule has 1 aromatic heterocycles. The van der Waals surface area contributed by atoms with Crippen molar-refractivity contribution in [2.45, 2.75) is 6.42 Å². The van der Waals surface area contributed by atoms with Crippen molar-refractivity contribution in [3.63, 3.8) is 0 Å². The zero-order valence-corrected chi connectivity index (χ0v) is 10.3. The first kappa shape index (κ1) is 12.0. The molecule has 0 atom stereocenters. The van der Waals surface area contributed by atoms with Crippen LogP contribution in [0.1, 0.15) is 4.88 Å². The van der Waals surface area contributed by atoms with Gasteiger partial charge in [0.15, 0.2) is 0 Å². The Morgan fingerprint density at radius 1 is 1.43 bits per heavy atom. The van der Waals surface area contributed by atoms with Gasteiger partial charge < -0.3 is 10.2 Å². The molecular formula is C10H17ClN2S. The fourth-order valence-electron chi connectivity index (χ4n) is 1.20. The van der Waals surface area contributed by atoms with Crippen molar-refractivity contribution in [3.05, 3.63) is 21.3 Å². The largest absolute Gasteiger partial charge is 0.318 e. The summed E-state index contributed by atoms with van der Waals surface area (Å²) in [7, 11) is 4.12.